The van der Waals surface area contributed by atoms with E-state index < -0.39 is 47.6 Å². The van der Waals surface area contributed by atoms with Crippen LogP contribution < -0.4 is 16.0 Å². The van der Waals surface area contributed by atoms with Crippen molar-refractivity contribution in [3.05, 3.63) is 0 Å². The average Bonchev–Trinajstić information content (AvgIpc) is 2.99. The third-order valence-corrected chi connectivity index (χ3v) is 7.37. The summed E-state index contributed by atoms with van der Waals surface area (Å²) in [6.45, 7) is -0.635. The molecule has 46 heavy (non-hydrogen) atoms. The van der Waals surface area contributed by atoms with E-state index in [1.807, 2.05) is 0 Å². The van der Waals surface area contributed by atoms with Crippen molar-refractivity contribution in [2.45, 2.75) is 141 Å². The number of carbonyl (C=O) groups is 7. The van der Waals surface area contributed by atoms with E-state index in [-0.39, 0.29) is 57.4 Å². The highest BCUT2D eigenvalue weighted by atomic mass is 32.1. The number of rotatable bonds is 29. The van der Waals surface area contributed by atoms with Gasteiger partial charge in [0.2, 0.25) is 22.8 Å². The van der Waals surface area contributed by atoms with Gasteiger partial charge in [-0.1, -0.05) is 77.0 Å². The number of carboxylic acid groups (broad SMARTS) is 3. The Balaban J connectivity index is 0. The number of hydrogen-bond donors (Lipinski definition) is 8. The van der Waals surface area contributed by atoms with Crippen molar-refractivity contribution in [2.24, 2.45) is 0 Å². The molecular formula is C31H55N3O11S. The number of amides is 3. The van der Waals surface area contributed by atoms with Crippen molar-refractivity contribution in [3.8, 4) is 0 Å². The molecular weight excluding hydrogens is 622 g/mol. The van der Waals surface area contributed by atoms with Crippen molar-refractivity contribution in [3.63, 3.8) is 0 Å². The van der Waals surface area contributed by atoms with E-state index in [2.05, 4.69) is 28.6 Å². The number of aliphatic hydroxyl groups excluding tert-OH is 1. The van der Waals surface area contributed by atoms with E-state index in [9.17, 15) is 33.9 Å². The number of carboxylic acids is 2. The number of aliphatic hydroxyl groups is 1. The van der Waals surface area contributed by atoms with Gasteiger partial charge in [-0.15, -0.1) is 12.6 Å². The molecule has 0 spiro atoms. The van der Waals surface area contributed by atoms with Crippen LogP contribution in [0.5, 0.6) is 0 Å². The van der Waals surface area contributed by atoms with Gasteiger partial charge in [0, 0.05) is 32.2 Å². The monoisotopic (exact) mass is 677 g/mol. The lowest BCUT2D eigenvalue weighted by molar-refractivity contribution is -0.142. The molecule has 0 fully saturated rings. The van der Waals surface area contributed by atoms with Crippen LogP contribution in [0.3, 0.4) is 0 Å². The quantitative estimate of drug-likeness (QED) is 0.0325. The van der Waals surface area contributed by atoms with Gasteiger partial charge in [0.25, 0.3) is 6.47 Å². The van der Waals surface area contributed by atoms with E-state index >= 15 is 0 Å². The van der Waals surface area contributed by atoms with Gasteiger partial charge in [-0.3, -0.25) is 28.8 Å². The van der Waals surface area contributed by atoms with Gasteiger partial charge in [-0.2, -0.15) is 0 Å². The second-order valence-corrected chi connectivity index (χ2v) is 11.5. The van der Waals surface area contributed by atoms with E-state index in [1.54, 1.807) is 0 Å². The zero-order valence-corrected chi connectivity index (χ0v) is 27.8. The van der Waals surface area contributed by atoms with Gasteiger partial charge < -0.3 is 36.4 Å². The highest BCUT2D eigenvalue weighted by Crippen LogP contribution is 2.14. The van der Waals surface area contributed by atoms with Crippen LogP contribution in [0.1, 0.15) is 128 Å². The van der Waals surface area contributed by atoms with Crippen LogP contribution in [0, 0.1) is 0 Å². The molecule has 0 radical (unpaired) electrons. The maximum atomic E-state index is 12.2. The van der Waals surface area contributed by atoms with Gasteiger partial charge in [-0.25, -0.2) is 4.79 Å². The summed E-state index contributed by atoms with van der Waals surface area (Å²) >= 11 is 3.57. The van der Waals surface area contributed by atoms with Crippen LogP contribution in [-0.4, -0.2) is 86.9 Å². The molecule has 15 heteroatoms. The Kier molecular flexibility index (Phi) is 31.0. The smallest absolute Gasteiger partial charge is 0.326 e. The maximum absolute atomic E-state index is 12.2. The first kappa shape index (κ1) is 44.9. The molecule has 7 N–H and O–H groups in total. The lowest BCUT2D eigenvalue weighted by Crippen LogP contribution is -2.42. The average molecular weight is 678 g/mol. The van der Waals surface area contributed by atoms with E-state index in [0.717, 1.165) is 38.5 Å². The summed E-state index contributed by atoms with van der Waals surface area (Å²) in [5.74, 6) is -3.13. The third-order valence-electron chi connectivity index (χ3n) is 7.06. The standard InChI is InChI=1S/C30H53N3O9S.CH2O2/c34-22-24(30(42)43)33-27(37)17-15-21-31-25(35)20-19-23(29(40)41)32-26(36)16-13-11-9-7-5-3-1-2-4-6-8-10-12-14-18-28(38)39;2-1-3/h23-24,34H,1-22H2,(H,31,35)(H,32,36)(H,33,37)(H,38,39)(H,40,41)(H,42,43);1H,(H,2,3). The summed E-state index contributed by atoms with van der Waals surface area (Å²) in [5, 5.41) is 40.7. The zero-order valence-electron chi connectivity index (χ0n) is 26.9. The van der Waals surface area contributed by atoms with Crippen molar-refractivity contribution in [1.82, 2.24) is 16.0 Å². The summed E-state index contributed by atoms with van der Waals surface area (Å²) in [5.41, 5.74) is 0. The molecule has 14 nitrogen and oxygen atoms in total. The van der Waals surface area contributed by atoms with Crippen molar-refractivity contribution < 1.29 is 54.0 Å². The minimum atomic E-state index is -1.20. The predicted octanol–water partition coefficient (Wildman–Crippen LogP) is 3.19. The molecule has 0 aromatic carbocycles. The molecule has 0 aliphatic rings. The van der Waals surface area contributed by atoms with Crippen LogP contribution in [0.4, 0.5) is 0 Å². The number of carbonyl (C=O) groups excluding carboxylic acids is 4. The van der Waals surface area contributed by atoms with Crippen LogP contribution in [0.15, 0.2) is 0 Å². The summed E-state index contributed by atoms with van der Waals surface area (Å²) in [6, 6.07) is -2.23. The van der Waals surface area contributed by atoms with Crippen molar-refractivity contribution in [1.29, 1.82) is 0 Å². The molecule has 3 amide bonds. The minimum Gasteiger partial charge on any atom is -0.483 e. The Bertz CT molecular complexity index is 890. The molecule has 0 heterocycles. The van der Waals surface area contributed by atoms with Gasteiger partial charge in [0.15, 0.2) is 0 Å². The Morgan fingerprint density at radius 3 is 1.37 bits per heavy atom. The molecule has 0 bridgehead atoms. The molecule has 2 unspecified atom stereocenters. The molecule has 0 saturated carbocycles. The first-order chi connectivity index (χ1) is 22.0. The SMILES string of the molecule is O=C(O)CCCCCCCCCCCCCCCCC(=O)NC(CCC(=O)NCCCC(=O)NC(CO)C(=O)S)C(=O)O.O=CO. The van der Waals surface area contributed by atoms with Crippen LogP contribution in [-0.2, 0) is 33.6 Å². The molecule has 2 atom stereocenters. The highest BCUT2D eigenvalue weighted by molar-refractivity contribution is 7.96. The molecule has 0 aliphatic carbocycles. The lowest BCUT2D eigenvalue weighted by Gasteiger charge is -2.15. The minimum absolute atomic E-state index is 0.0204. The topological polar surface area (TPSA) is 236 Å². The Morgan fingerprint density at radius 2 is 0.978 bits per heavy atom. The first-order valence-electron chi connectivity index (χ1n) is 16.2. The first-order valence-corrected chi connectivity index (χ1v) is 16.6. The largest absolute Gasteiger partial charge is 0.483 e. The normalized spacial score (nSPS) is 11.7. The zero-order chi connectivity index (χ0) is 35.0. The number of unbranched alkanes of at least 4 members (excludes halogenated alkanes) is 13. The number of aliphatic carboxylic acids is 2. The maximum Gasteiger partial charge on any atom is 0.326 e. The fourth-order valence-electron chi connectivity index (χ4n) is 4.50. The molecule has 0 rings (SSSR count). The van der Waals surface area contributed by atoms with Gasteiger partial charge in [-0.05, 0) is 25.7 Å². The third kappa shape index (κ3) is 30.8. The summed E-state index contributed by atoms with van der Waals surface area (Å²) in [6.07, 6.45) is 15.7. The predicted molar refractivity (Wildman–Crippen MR) is 174 cm³/mol. The fourth-order valence-corrected chi connectivity index (χ4v) is 4.65. The number of nitrogens with one attached hydrogen (secondary N) is 3. The Hall–Kier alpha value is -3.20. The highest BCUT2D eigenvalue weighted by Gasteiger charge is 2.21. The molecule has 0 saturated heterocycles. The van der Waals surface area contributed by atoms with E-state index in [4.69, 9.17) is 20.1 Å². The number of hydrogen-bond acceptors (Lipinski definition) is 8. The second kappa shape index (κ2) is 31.8. The summed E-state index contributed by atoms with van der Waals surface area (Å²) in [7, 11) is 0. The summed E-state index contributed by atoms with van der Waals surface area (Å²) in [4.78, 5) is 77.4. The second-order valence-electron chi connectivity index (χ2n) is 11.0. The molecule has 0 aliphatic heterocycles. The van der Waals surface area contributed by atoms with Gasteiger partial charge in [0.1, 0.15) is 12.1 Å². The van der Waals surface area contributed by atoms with Crippen LogP contribution in [0.2, 0.25) is 0 Å². The van der Waals surface area contributed by atoms with Crippen LogP contribution in [0.25, 0.3) is 0 Å². The Morgan fingerprint density at radius 1 is 0.587 bits per heavy atom. The molecule has 0 aromatic heterocycles. The van der Waals surface area contributed by atoms with Gasteiger partial charge in [0.05, 0.1) is 6.61 Å². The van der Waals surface area contributed by atoms with Crippen molar-refractivity contribution >= 4 is 53.9 Å². The van der Waals surface area contributed by atoms with Crippen molar-refractivity contribution in [2.75, 3.05) is 13.2 Å². The lowest BCUT2D eigenvalue weighted by atomic mass is 10.0. The van der Waals surface area contributed by atoms with Crippen LogP contribution >= 0.6 is 12.6 Å². The van der Waals surface area contributed by atoms with E-state index in [0.29, 0.717) is 6.42 Å². The molecule has 0 aromatic rings. The Labute approximate surface area is 277 Å². The fraction of sp³-hybridized carbons (Fsp3) is 0.774. The summed E-state index contributed by atoms with van der Waals surface area (Å²) < 4.78 is 0. The van der Waals surface area contributed by atoms with E-state index in [1.165, 1.54) is 44.9 Å². The number of thiol groups is 1. The molecule has 266 valence electrons. The van der Waals surface area contributed by atoms with Gasteiger partial charge >= 0.3 is 11.9 Å².